The van der Waals surface area contributed by atoms with E-state index < -0.39 is 0 Å². The van der Waals surface area contributed by atoms with Crippen LogP contribution in [0.4, 0.5) is 0 Å². The van der Waals surface area contributed by atoms with Gasteiger partial charge in [-0.15, -0.1) is 11.8 Å². The van der Waals surface area contributed by atoms with Crippen LogP contribution >= 0.6 is 11.8 Å². The number of hydrogen-bond donors (Lipinski definition) is 0. The molecule has 0 aromatic carbocycles. The van der Waals surface area contributed by atoms with Crippen molar-refractivity contribution in [2.24, 2.45) is 0 Å². The highest BCUT2D eigenvalue weighted by Crippen LogP contribution is 2.19. The molecule has 66 valence electrons. The lowest BCUT2D eigenvalue weighted by molar-refractivity contribution is 0.347. The van der Waals surface area contributed by atoms with Gasteiger partial charge in [0.25, 0.3) is 0 Å². The number of methoxy groups -OCH3 is 2. The van der Waals surface area contributed by atoms with Gasteiger partial charge in [-0.3, -0.25) is 0 Å². The Kier molecular flexibility index (Phi) is 3.16. The quantitative estimate of drug-likeness (QED) is 0.524. The molecule has 0 spiro atoms. The van der Waals surface area contributed by atoms with Gasteiger partial charge in [0.1, 0.15) is 5.03 Å². The van der Waals surface area contributed by atoms with E-state index in [1.165, 1.54) is 18.9 Å². The molecule has 0 bridgehead atoms. The van der Waals surface area contributed by atoms with Crippen LogP contribution in [0.5, 0.6) is 11.9 Å². The Morgan fingerprint density at radius 3 is 2.50 bits per heavy atom. The van der Waals surface area contributed by atoms with Crippen LogP contribution in [-0.4, -0.2) is 30.4 Å². The topological polar surface area (TPSA) is 44.2 Å². The third kappa shape index (κ3) is 2.01. The largest absolute Gasteiger partial charge is 0.481 e. The first-order valence-corrected chi connectivity index (χ1v) is 4.53. The third-order valence-electron chi connectivity index (χ3n) is 1.26. The van der Waals surface area contributed by atoms with E-state index in [0.717, 1.165) is 5.03 Å². The van der Waals surface area contributed by atoms with E-state index in [-0.39, 0.29) is 0 Å². The van der Waals surface area contributed by atoms with Gasteiger partial charge in [-0.25, -0.2) is 0 Å². The number of aromatic nitrogens is 2. The average molecular weight is 186 g/mol. The van der Waals surface area contributed by atoms with Gasteiger partial charge in [-0.2, -0.15) is 9.97 Å². The smallest absolute Gasteiger partial charge is 0.320 e. The monoisotopic (exact) mass is 186 g/mol. The van der Waals surface area contributed by atoms with Crippen molar-refractivity contribution in [1.29, 1.82) is 0 Å². The van der Waals surface area contributed by atoms with E-state index in [9.17, 15) is 0 Å². The van der Waals surface area contributed by atoms with Crippen molar-refractivity contribution in [3.63, 3.8) is 0 Å². The molecule has 0 aliphatic heterocycles. The predicted molar refractivity (Wildman–Crippen MR) is 46.9 cm³/mol. The fourth-order valence-corrected chi connectivity index (χ4v) is 1.07. The van der Waals surface area contributed by atoms with Crippen LogP contribution in [0.15, 0.2) is 11.1 Å². The number of thioether (sulfide) groups is 1. The molecule has 4 nitrogen and oxygen atoms in total. The lowest BCUT2D eigenvalue weighted by atomic mass is 10.6. The number of ether oxygens (including phenoxy) is 2. The lowest BCUT2D eigenvalue weighted by Gasteiger charge is -2.03. The Morgan fingerprint density at radius 1 is 1.25 bits per heavy atom. The van der Waals surface area contributed by atoms with Crippen LogP contribution in [0.1, 0.15) is 0 Å². The summed E-state index contributed by atoms with van der Waals surface area (Å²) in [5, 5.41) is 0.832. The molecular weight excluding hydrogens is 176 g/mol. The van der Waals surface area contributed by atoms with Crippen molar-refractivity contribution in [2.45, 2.75) is 5.03 Å². The molecule has 0 aliphatic carbocycles. The number of nitrogens with zero attached hydrogens (tertiary/aromatic N) is 2. The zero-order valence-electron chi connectivity index (χ0n) is 7.20. The van der Waals surface area contributed by atoms with Gasteiger partial charge in [0.05, 0.1) is 14.2 Å². The van der Waals surface area contributed by atoms with Crippen molar-refractivity contribution in [2.75, 3.05) is 20.5 Å². The van der Waals surface area contributed by atoms with Gasteiger partial charge in [0.2, 0.25) is 5.88 Å². The summed E-state index contributed by atoms with van der Waals surface area (Å²) >= 11 is 1.52. The summed E-state index contributed by atoms with van der Waals surface area (Å²) in [6.07, 6.45) is 1.93. The molecule has 1 aromatic rings. The summed E-state index contributed by atoms with van der Waals surface area (Å²) < 4.78 is 9.84. The zero-order valence-corrected chi connectivity index (χ0v) is 8.01. The summed E-state index contributed by atoms with van der Waals surface area (Å²) in [5.74, 6) is 0.520. The Bertz CT molecular complexity index is 212. The second-order valence-electron chi connectivity index (χ2n) is 1.94. The second kappa shape index (κ2) is 4.15. The molecule has 0 aliphatic rings. The van der Waals surface area contributed by atoms with Gasteiger partial charge in [0.15, 0.2) is 0 Å². The van der Waals surface area contributed by atoms with Crippen molar-refractivity contribution >= 4 is 11.8 Å². The average Bonchev–Trinajstić information content (AvgIpc) is 2.16. The molecule has 0 radical (unpaired) electrons. The molecule has 0 unspecified atom stereocenters. The maximum absolute atomic E-state index is 4.95. The molecule has 12 heavy (non-hydrogen) atoms. The summed E-state index contributed by atoms with van der Waals surface area (Å²) in [7, 11) is 3.09. The van der Waals surface area contributed by atoms with Crippen LogP contribution in [0.2, 0.25) is 0 Å². The van der Waals surface area contributed by atoms with E-state index in [4.69, 9.17) is 9.47 Å². The van der Waals surface area contributed by atoms with Crippen LogP contribution in [0.3, 0.4) is 0 Å². The number of rotatable bonds is 3. The van der Waals surface area contributed by atoms with E-state index >= 15 is 0 Å². The first-order valence-electron chi connectivity index (χ1n) is 3.31. The Hall–Kier alpha value is -0.970. The first-order chi connectivity index (χ1) is 5.80. The third-order valence-corrected chi connectivity index (χ3v) is 1.89. The van der Waals surface area contributed by atoms with Gasteiger partial charge < -0.3 is 9.47 Å². The maximum atomic E-state index is 4.95. The molecule has 1 heterocycles. The van der Waals surface area contributed by atoms with Crippen molar-refractivity contribution in [1.82, 2.24) is 9.97 Å². The Morgan fingerprint density at radius 2 is 2.00 bits per heavy atom. The van der Waals surface area contributed by atoms with Gasteiger partial charge in [-0.1, -0.05) is 0 Å². The fraction of sp³-hybridized carbons (Fsp3) is 0.429. The molecule has 0 amide bonds. The fourth-order valence-electron chi connectivity index (χ4n) is 0.684. The molecule has 0 saturated carbocycles. The SMILES string of the molecule is COc1cc(SC)nc(OC)n1. The summed E-state index contributed by atoms with van der Waals surface area (Å²) in [4.78, 5) is 8.02. The molecule has 0 fully saturated rings. The standard InChI is InChI=1S/C7H10N2O2S/c1-10-5-4-6(12-3)9-7(8-5)11-2/h4H,1-3H3. The van der Waals surface area contributed by atoms with E-state index in [1.807, 2.05) is 6.26 Å². The molecule has 0 N–H and O–H groups in total. The molecular formula is C7H10N2O2S. The second-order valence-corrected chi connectivity index (χ2v) is 2.77. The minimum Gasteiger partial charge on any atom is -0.481 e. The minimum atomic E-state index is 0.332. The summed E-state index contributed by atoms with van der Waals surface area (Å²) in [5.41, 5.74) is 0. The predicted octanol–water partition coefficient (Wildman–Crippen LogP) is 1.22. The van der Waals surface area contributed by atoms with E-state index in [0.29, 0.717) is 11.9 Å². The summed E-state index contributed by atoms with van der Waals surface area (Å²) in [6.45, 7) is 0. The Balaban J connectivity index is 3.01. The van der Waals surface area contributed by atoms with Crippen LogP contribution in [0.25, 0.3) is 0 Å². The van der Waals surface area contributed by atoms with Gasteiger partial charge >= 0.3 is 6.01 Å². The normalized spacial score (nSPS) is 9.58. The molecule has 1 aromatic heterocycles. The minimum absolute atomic E-state index is 0.332. The summed E-state index contributed by atoms with van der Waals surface area (Å²) in [6, 6.07) is 2.09. The highest BCUT2D eigenvalue weighted by atomic mass is 32.2. The number of hydrogen-bond acceptors (Lipinski definition) is 5. The van der Waals surface area contributed by atoms with Gasteiger partial charge in [-0.05, 0) is 6.26 Å². The molecule has 1 rings (SSSR count). The maximum Gasteiger partial charge on any atom is 0.320 e. The van der Waals surface area contributed by atoms with Crippen LogP contribution in [-0.2, 0) is 0 Å². The van der Waals surface area contributed by atoms with E-state index in [1.54, 1.807) is 13.2 Å². The van der Waals surface area contributed by atoms with Crippen molar-refractivity contribution in [3.8, 4) is 11.9 Å². The van der Waals surface area contributed by atoms with Gasteiger partial charge in [0, 0.05) is 6.07 Å². The van der Waals surface area contributed by atoms with Crippen molar-refractivity contribution < 1.29 is 9.47 Å². The highest BCUT2D eigenvalue weighted by Gasteiger charge is 2.02. The van der Waals surface area contributed by atoms with Crippen LogP contribution < -0.4 is 9.47 Å². The lowest BCUT2D eigenvalue weighted by Crippen LogP contribution is -1.96. The zero-order chi connectivity index (χ0) is 8.97. The Labute approximate surface area is 75.3 Å². The highest BCUT2D eigenvalue weighted by molar-refractivity contribution is 7.98. The first kappa shape index (κ1) is 9.12. The molecule has 0 saturated heterocycles. The van der Waals surface area contributed by atoms with Crippen LogP contribution in [0, 0.1) is 0 Å². The molecule has 0 atom stereocenters. The van der Waals surface area contributed by atoms with Crippen molar-refractivity contribution in [3.05, 3.63) is 6.07 Å². The molecule has 5 heteroatoms. The van der Waals surface area contributed by atoms with E-state index in [2.05, 4.69) is 9.97 Å².